The third kappa shape index (κ3) is 5.31. The number of benzene rings is 4. The number of carboxylic acid groups (broad SMARTS) is 2. The van der Waals surface area contributed by atoms with Crippen LogP contribution < -0.4 is 11.5 Å². The molecule has 0 bridgehead atoms. The molecule has 0 fully saturated rings. The fraction of sp³-hybridized carbons (Fsp3) is 0.0625. The van der Waals surface area contributed by atoms with Crippen LogP contribution in [0.1, 0.15) is 41.4 Å². The summed E-state index contributed by atoms with van der Waals surface area (Å²) in [5, 5.41) is 20.1. The molecule has 0 aliphatic rings. The first-order valence-electron chi connectivity index (χ1n) is 13.6. The number of hydrogen-bond donors (Lipinski definition) is 4. The summed E-state index contributed by atoms with van der Waals surface area (Å²) in [4.78, 5) is 58.0. The van der Waals surface area contributed by atoms with Gasteiger partial charge in [0.2, 0.25) is 11.8 Å². The molecule has 12 nitrogen and oxygen atoms in total. The molecule has 0 saturated heterocycles. The van der Waals surface area contributed by atoms with E-state index in [1.807, 2.05) is 9.13 Å². The highest BCUT2D eigenvalue weighted by atomic mass is 79.9. The van der Waals surface area contributed by atoms with Crippen molar-refractivity contribution in [2.24, 2.45) is 11.5 Å². The van der Waals surface area contributed by atoms with Crippen molar-refractivity contribution in [1.29, 1.82) is 0 Å². The Morgan fingerprint density at radius 3 is 1.37 bits per heavy atom. The highest BCUT2D eigenvalue weighted by molar-refractivity contribution is 9.11. The van der Waals surface area contributed by atoms with Gasteiger partial charge in [0.15, 0.2) is 0 Å². The third-order valence-electron chi connectivity index (χ3n) is 7.55. The van der Waals surface area contributed by atoms with Crippen molar-refractivity contribution in [3.63, 3.8) is 0 Å². The van der Waals surface area contributed by atoms with Crippen LogP contribution in [0.2, 0.25) is 0 Å². The summed E-state index contributed by atoms with van der Waals surface area (Å²) in [6.07, 6.45) is 0. The van der Waals surface area contributed by atoms with E-state index in [-0.39, 0.29) is 35.3 Å². The van der Waals surface area contributed by atoms with E-state index < -0.39 is 23.8 Å². The first-order chi connectivity index (χ1) is 22.0. The van der Waals surface area contributed by atoms with Gasteiger partial charge in [-0.1, -0.05) is 44.0 Å². The highest BCUT2D eigenvalue weighted by Crippen LogP contribution is 2.36. The van der Waals surface area contributed by atoms with Gasteiger partial charge in [0.25, 0.3) is 0 Å². The Morgan fingerprint density at radius 1 is 0.630 bits per heavy atom. The van der Waals surface area contributed by atoms with Gasteiger partial charge in [-0.25, -0.2) is 19.6 Å². The Hall–Kier alpha value is -5.34. The maximum absolute atomic E-state index is 12.3. The van der Waals surface area contributed by atoms with Gasteiger partial charge >= 0.3 is 11.9 Å². The maximum Gasteiger partial charge on any atom is 0.336 e. The minimum absolute atomic E-state index is 0.00752. The van der Waals surface area contributed by atoms with Gasteiger partial charge in [0.1, 0.15) is 11.6 Å². The Bertz CT molecular complexity index is 2120. The number of aromatic carboxylic acids is 2. The number of primary amides is 2. The van der Waals surface area contributed by atoms with Crippen molar-refractivity contribution >= 4 is 77.7 Å². The van der Waals surface area contributed by atoms with Crippen molar-refractivity contribution in [3.8, 4) is 22.8 Å². The van der Waals surface area contributed by atoms with Crippen LogP contribution in [0.25, 0.3) is 44.8 Å². The molecule has 0 aliphatic carbocycles. The van der Waals surface area contributed by atoms with Crippen LogP contribution >= 0.6 is 31.9 Å². The van der Waals surface area contributed by atoms with Crippen molar-refractivity contribution in [1.82, 2.24) is 19.1 Å². The predicted molar refractivity (Wildman–Crippen MR) is 177 cm³/mol. The summed E-state index contributed by atoms with van der Waals surface area (Å²) in [5.41, 5.74) is 14.2. The van der Waals surface area contributed by atoms with Gasteiger partial charge in [-0.05, 0) is 60.7 Å². The number of rotatable bonds is 9. The number of fused-ring (bicyclic) bond motifs is 2. The maximum atomic E-state index is 12.3. The lowest BCUT2D eigenvalue weighted by atomic mass is 10.1. The minimum atomic E-state index is -1.16. The molecular formula is C32H22Br2N6O6. The zero-order valence-electron chi connectivity index (χ0n) is 23.6. The number of nitrogens with zero attached hydrogens (tertiary/aromatic N) is 4. The fourth-order valence-corrected chi connectivity index (χ4v) is 6.55. The molecule has 2 heterocycles. The summed E-state index contributed by atoms with van der Waals surface area (Å²) in [6, 6.07) is 19.2. The van der Waals surface area contributed by atoms with E-state index in [0.29, 0.717) is 53.8 Å². The van der Waals surface area contributed by atoms with Gasteiger partial charge in [-0.2, -0.15) is 0 Å². The molecule has 2 aromatic heterocycles. The lowest BCUT2D eigenvalue weighted by molar-refractivity contribution is 0.0686. The number of imidazole rings is 2. The molecule has 230 valence electrons. The van der Waals surface area contributed by atoms with Crippen LogP contribution in [0.3, 0.4) is 0 Å². The second kappa shape index (κ2) is 11.9. The van der Waals surface area contributed by atoms with Crippen LogP contribution in [-0.2, 0) is 13.1 Å². The lowest BCUT2D eigenvalue weighted by Crippen LogP contribution is -2.13. The standard InChI is InChI=1S/C32H22Br2N6O6/c33-19-5-1-3-17(31(43)44)25(19)29-37-21-13-15(27(35)41)7-9-23(21)39(29)11-12-40-24-10-8-16(28(36)42)14-22(24)38-30(40)26-18(32(45)46)4-2-6-20(26)34/h1-10,13-14H,11-12H2,(H2,35,41)(H2,36,42)(H,43,44)(H,45,46). The van der Waals surface area contributed by atoms with Crippen molar-refractivity contribution in [3.05, 3.63) is 104 Å². The van der Waals surface area contributed by atoms with E-state index in [1.165, 1.54) is 12.1 Å². The molecule has 14 heteroatoms. The second-order valence-electron chi connectivity index (χ2n) is 10.2. The van der Waals surface area contributed by atoms with E-state index in [2.05, 4.69) is 31.9 Å². The smallest absolute Gasteiger partial charge is 0.336 e. The molecule has 0 radical (unpaired) electrons. The Morgan fingerprint density at radius 2 is 1.02 bits per heavy atom. The van der Waals surface area contributed by atoms with E-state index in [1.54, 1.807) is 60.7 Å². The lowest BCUT2D eigenvalue weighted by Gasteiger charge is -2.16. The first kappa shape index (κ1) is 30.7. The van der Waals surface area contributed by atoms with Crippen LogP contribution in [0.4, 0.5) is 0 Å². The van der Waals surface area contributed by atoms with Crippen LogP contribution in [0.15, 0.2) is 81.7 Å². The summed E-state index contributed by atoms with van der Waals surface area (Å²) in [7, 11) is 0. The quantitative estimate of drug-likeness (QED) is 0.148. The number of amides is 2. The van der Waals surface area contributed by atoms with Gasteiger partial charge in [-0.15, -0.1) is 0 Å². The van der Waals surface area contributed by atoms with Crippen LogP contribution in [0.5, 0.6) is 0 Å². The molecule has 0 unspecified atom stereocenters. The number of halogens is 2. The molecule has 2 amide bonds. The molecule has 0 spiro atoms. The molecule has 6 aromatic rings. The largest absolute Gasteiger partial charge is 0.478 e. The van der Waals surface area contributed by atoms with Gasteiger partial charge in [-0.3, -0.25) is 9.59 Å². The first-order valence-corrected chi connectivity index (χ1v) is 15.2. The Balaban J connectivity index is 1.58. The van der Waals surface area contributed by atoms with Crippen molar-refractivity contribution in [2.75, 3.05) is 0 Å². The minimum Gasteiger partial charge on any atom is -0.478 e. The molecule has 6 rings (SSSR count). The second-order valence-corrected chi connectivity index (χ2v) is 12.0. The van der Waals surface area contributed by atoms with Crippen LogP contribution in [0, 0.1) is 0 Å². The average molecular weight is 746 g/mol. The van der Waals surface area contributed by atoms with E-state index in [9.17, 15) is 29.4 Å². The number of carbonyl (C=O) groups excluding carboxylic acids is 2. The number of aromatic nitrogens is 4. The number of hydrogen-bond acceptors (Lipinski definition) is 6. The SMILES string of the molecule is NC(=O)c1ccc2c(c1)nc(-c1c(Br)cccc1C(=O)O)n2CCn1c(-c2c(Br)cccc2C(=O)O)nc2cc(C(N)=O)ccc21. The molecule has 0 saturated carbocycles. The van der Waals surface area contributed by atoms with E-state index in [0.717, 1.165) is 0 Å². The summed E-state index contributed by atoms with van der Waals surface area (Å²) in [5.74, 6) is -2.96. The number of aryl methyl sites for hydroxylation is 2. The average Bonchev–Trinajstić information content (AvgIpc) is 3.56. The van der Waals surface area contributed by atoms with Gasteiger partial charge in [0, 0.05) is 44.3 Å². The zero-order chi connectivity index (χ0) is 32.9. The van der Waals surface area contributed by atoms with Crippen molar-refractivity contribution in [2.45, 2.75) is 13.1 Å². The zero-order valence-corrected chi connectivity index (χ0v) is 26.7. The molecule has 46 heavy (non-hydrogen) atoms. The molecule has 6 N–H and O–H groups in total. The fourth-order valence-electron chi connectivity index (χ4n) is 5.46. The number of carbonyl (C=O) groups is 4. The normalized spacial score (nSPS) is 11.3. The molecule has 4 aromatic carbocycles. The number of carboxylic acids is 2. The monoisotopic (exact) mass is 744 g/mol. The number of nitrogens with two attached hydrogens (primary N) is 2. The summed E-state index contributed by atoms with van der Waals surface area (Å²) in [6.45, 7) is 0.399. The molecule has 0 atom stereocenters. The summed E-state index contributed by atoms with van der Waals surface area (Å²) < 4.78 is 4.62. The van der Waals surface area contributed by atoms with Gasteiger partial charge < -0.3 is 30.8 Å². The van der Waals surface area contributed by atoms with E-state index in [4.69, 9.17) is 21.4 Å². The van der Waals surface area contributed by atoms with E-state index >= 15 is 0 Å². The topological polar surface area (TPSA) is 196 Å². The van der Waals surface area contributed by atoms with Gasteiger partial charge in [0.05, 0.1) is 33.2 Å². The molecular weight excluding hydrogens is 724 g/mol. The third-order valence-corrected chi connectivity index (χ3v) is 8.87. The van der Waals surface area contributed by atoms with Crippen molar-refractivity contribution < 1.29 is 29.4 Å². The highest BCUT2D eigenvalue weighted by Gasteiger charge is 2.25. The van der Waals surface area contributed by atoms with Crippen LogP contribution in [-0.4, -0.2) is 53.1 Å². The molecule has 0 aliphatic heterocycles. The predicted octanol–water partition coefficient (Wildman–Crippen LogP) is 5.54. The Kier molecular flexibility index (Phi) is 7.92. The Labute approximate surface area is 276 Å². The summed E-state index contributed by atoms with van der Waals surface area (Å²) >= 11 is 6.98.